The standard InChI is InChI=1S/C26H25N3O6/c30-23(27-12-22-24(25(31)32)28-14-35-22)11-21(15-9-10-15)29-26(33)34-13-20-18-7-3-1-5-16(18)17-6-2-4-8-19(17)20/h1-8,14-15,20-21H,9-13H2,(H,27,30)(H,29,33)(H,31,32). The molecule has 1 aromatic heterocycles. The first-order valence-corrected chi connectivity index (χ1v) is 11.5. The van der Waals surface area contributed by atoms with Gasteiger partial charge >= 0.3 is 12.1 Å². The number of aromatic carboxylic acids is 1. The van der Waals surface area contributed by atoms with Crippen LogP contribution in [0.15, 0.2) is 59.3 Å². The van der Waals surface area contributed by atoms with Gasteiger partial charge in [0.05, 0.1) is 6.54 Å². The number of rotatable bonds is 9. The molecule has 2 aliphatic rings. The van der Waals surface area contributed by atoms with Gasteiger partial charge in [-0.3, -0.25) is 4.79 Å². The summed E-state index contributed by atoms with van der Waals surface area (Å²) in [5, 5.41) is 14.6. The molecular formula is C26H25N3O6. The molecule has 1 atom stereocenters. The number of aromatic nitrogens is 1. The Morgan fingerprint density at radius 1 is 1.06 bits per heavy atom. The molecule has 1 fully saturated rings. The Labute approximate surface area is 201 Å². The van der Waals surface area contributed by atoms with Crippen LogP contribution in [0, 0.1) is 5.92 Å². The highest BCUT2D eigenvalue weighted by atomic mass is 16.5. The number of nitrogens with one attached hydrogen (secondary N) is 2. The second-order valence-electron chi connectivity index (χ2n) is 8.82. The fraction of sp³-hybridized carbons (Fsp3) is 0.308. The highest BCUT2D eigenvalue weighted by Gasteiger charge is 2.35. The number of hydrogen-bond donors (Lipinski definition) is 3. The highest BCUT2D eigenvalue weighted by molar-refractivity contribution is 5.86. The third-order valence-corrected chi connectivity index (χ3v) is 6.53. The van der Waals surface area contributed by atoms with Gasteiger partial charge in [0, 0.05) is 18.4 Å². The van der Waals surface area contributed by atoms with Gasteiger partial charge in [0.15, 0.2) is 17.8 Å². The molecule has 1 heterocycles. The Bertz CT molecular complexity index is 1220. The van der Waals surface area contributed by atoms with Crippen LogP contribution in [0.2, 0.25) is 0 Å². The summed E-state index contributed by atoms with van der Waals surface area (Å²) >= 11 is 0. The van der Waals surface area contributed by atoms with Crippen molar-refractivity contribution in [2.24, 2.45) is 5.92 Å². The predicted molar refractivity (Wildman–Crippen MR) is 125 cm³/mol. The van der Waals surface area contributed by atoms with E-state index in [9.17, 15) is 14.4 Å². The van der Waals surface area contributed by atoms with Gasteiger partial charge in [0.2, 0.25) is 5.91 Å². The minimum atomic E-state index is -1.23. The number of carboxylic acid groups (broad SMARTS) is 1. The molecule has 2 aromatic carbocycles. The van der Waals surface area contributed by atoms with Crippen molar-refractivity contribution in [3.63, 3.8) is 0 Å². The second kappa shape index (κ2) is 9.61. The number of carboxylic acids is 1. The number of ether oxygens (including phenoxy) is 1. The summed E-state index contributed by atoms with van der Waals surface area (Å²) in [5.74, 6) is -1.31. The quantitative estimate of drug-likeness (QED) is 0.430. The number of nitrogens with zero attached hydrogens (tertiary/aromatic N) is 1. The lowest BCUT2D eigenvalue weighted by Gasteiger charge is -2.19. The van der Waals surface area contributed by atoms with Crippen molar-refractivity contribution in [1.82, 2.24) is 15.6 Å². The van der Waals surface area contributed by atoms with Crippen LogP contribution in [0.5, 0.6) is 0 Å². The SMILES string of the molecule is O=C(CC(NC(=O)OCC1c2ccccc2-c2ccccc21)C1CC1)NCc1ocnc1C(=O)O. The lowest BCUT2D eigenvalue weighted by molar-refractivity contribution is -0.121. The molecule has 1 unspecified atom stereocenters. The Hall–Kier alpha value is -4.14. The van der Waals surface area contributed by atoms with Crippen molar-refractivity contribution < 1.29 is 28.6 Å². The van der Waals surface area contributed by atoms with Crippen LogP contribution in [0.3, 0.4) is 0 Å². The van der Waals surface area contributed by atoms with Gasteiger partial charge in [0.25, 0.3) is 0 Å². The Kier molecular flexibility index (Phi) is 6.22. The van der Waals surface area contributed by atoms with E-state index >= 15 is 0 Å². The number of oxazole rings is 1. The van der Waals surface area contributed by atoms with Crippen molar-refractivity contribution in [2.45, 2.75) is 37.8 Å². The largest absolute Gasteiger partial charge is 0.476 e. The molecule has 9 nitrogen and oxygen atoms in total. The van der Waals surface area contributed by atoms with Crippen molar-refractivity contribution in [3.8, 4) is 11.1 Å². The van der Waals surface area contributed by atoms with E-state index in [2.05, 4.69) is 39.9 Å². The molecule has 0 bridgehead atoms. The van der Waals surface area contributed by atoms with Gasteiger partial charge in [0.1, 0.15) is 6.61 Å². The van der Waals surface area contributed by atoms with Crippen LogP contribution >= 0.6 is 0 Å². The summed E-state index contributed by atoms with van der Waals surface area (Å²) in [4.78, 5) is 39.9. The molecule has 0 radical (unpaired) electrons. The molecule has 0 spiro atoms. The maximum absolute atomic E-state index is 12.7. The maximum atomic E-state index is 12.7. The number of alkyl carbamates (subject to hydrolysis) is 1. The molecule has 3 aromatic rings. The maximum Gasteiger partial charge on any atom is 0.407 e. The summed E-state index contributed by atoms with van der Waals surface area (Å²) in [7, 11) is 0. The first-order chi connectivity index (χ1) is 17.0. The second-order valence-corrected chi connectivity index (χ2v) is 8.82. The van der Waals surface area contributed by atoms with E-state index in [4.69, 9.17) is 14.3 Å². The molecule has 5 rings (SSSR count). The zero-order chi connectivity index (χ0) is 24.4. The van der Waals surface area contributed by atoms with Crippen molar-refractivity contribution in [1.29, 1.82) is 0 Å². The molecule has 0 saturated heterocycles. The van der Waals surface area contributed by atoms with Gasteiger partial charge in [-0.25, -0.2) is 14.6 Å². The Balaban J connectivity index is 1.16. The summed E-state index contributed by atoms with van der Waals surface area (Å²) in [6.07, 6.45) is 2.38. The lowest BCUT2D eigenvalue weighted by atomic mass is 9.98. The Morgan fingerprint density at radius 2 is 1.71 bits per heavy atom. The van der Waals surface area contributed by atoms with Crippen LogP contribution in [-0.2, 0) is 16.1 Å². The summed E-state index contributed by atoms with van der Waals surface area (Å²) in [6, 6.07) is 15.9. The van der Waals surface area contributed by atoms with E-state index in [1.807, 2.05) is 24.3 Å². The van der Waals surface area contributed by atoms with Crippen LogP contribution in [0.25, 0.3) is 11.1 Å². The fourth-order valence-corrected chi connectivity index (χ4v) is 4.65. The first kappa shape index (κ1) is 22.6. The van der Waals surface area contributed by atoms with Crippen molar-refractivity contribution in [3.05, 3.63) is 77.5 Å². The number of amides is 2. The summed E-state index contributed by atoms with van der Waals surface area (Å²) in [6.45, 7) is 0.107. The topological polar surface area (TPSA) is 131 Å². The molecule has 0 aliphatic heterocycles. The minimum absolute atomic E-state index is 0.0406. The smallest absolute Gasteiger partial charge is 0.407 e. The number of carbonyl (C=O) groups is 3. The van der Waals surface area contributed by atoms with Gasteiger partial charge in [-0.2, -0.15) is 0 Å². The van der Waals surface area contributed by atoms with Crippen molar-refractivity contribution in [2.75, 3.05) is 6.61 Å². The molecule has 2 aliphatic carbocycles. The molecule has 9 heteroatoms. The Morgan fingerprint density at radius 3 is 2.34 bits per heavy atom. The van der Waals surface area contributed by atoms with Crippen LogP contribution in [0.1, 0.15) is 52.6 Å². The lowest BCUT2D eigenvalue weighted by Crippen LogP contribution is -2.41. The predicted octanol–water partition coefficient (Wildman–Crippen LogP) is 3.70. The van der Waals surface area contributed by atoms with Crippen LogP contribution in [0.4, 0.5) is 4.79 Å². The van der Waals surface area contributed by atoms with Crippen molar-refractivity contribution >= 4 is 18.0 Å². The molecule has 180 valence electrons. The van der Waals surface area contributed by atoms with E-state index < -0.39 is 12.1 Å². The summed E-state index contributed by atoms with van der Waals surface area (Å²) in [5.41, 5.74) is 4.34. The summed E-state index contributed by atoms with van der Waals surface area (Å²) < 4.78 is 10.7. The minimum Gasteiger partial charge on any atom is -0.476 e. The van der Waals surface area contributed by atoms with Gasteiger partial charge < -0.3 is 24.9 Å². The zero-order valence-electron chi connectivity index (χ0n) is 18.9. The normalized spacial score (nSPS) is 15.1. The van der Waals surface area contributed by atoms with E-state index in [1.54, 1.807) is 0 Å². The number of benzene rings is 2. The van der Waals surface area contributed by atoms with E-state index in [0.717, 1.165) is 41.5 Å². The van der Waals surface area contributed by atoms with Gasteiger partial charge in [-0.1, -0.05) is 48.5 Å². The third kappa shape index (κ3) is 4.89. The van der Waals surface area contributed by atoms with Crippen LogP contribution in [-0.4, -0.2) is 40.7 Å². The van der Waals surface area contributed by atoms with E-state index in [-0.39, 0.29) is 54.8 Å². The monoisotopic (exact) mass is 475 g/mol. The molecule has 1 saturated carbocycles. The molecule has 35 heavy (non-hydrogen) atoms. The molecular weight excluding hydrogens is 450 g/mol. The molecule has 2 amide bonds. The van der Waals surface area contributed by atoms with Crippen LogP contribution < -0.4 is 10.6 Å². The zero-order valence-corrected chi connectivity index (χ0v) is 18.9. The molecule has 3 N–H and O–H groups in total. The highest BCUT2D eigenvalue weighted by Crippen LogP contribution is 2.44. The van der Waals surface area contributed by atoms with E-state index in [1.165, 1.54) is 0 Å². The first-order valence-electron chi connectivity index (χ1n) is 11.5. The van der Waals surface area contributed by atoms with Gasteiger partial charge in [-0.05, 0) is 41.0 Å². The third-order valence-electron chi connectivity index (χ3n) is 6.53. The number of fused-ring (bicyclic) bond motifs is 3. The average molecular weight is 476 g/mol. The van der Waals surface area contributed by atoms with Gasteiger partial charge in [-0.15, -0.1) is 0 Å². The number of hydrogen-bond acceptors (Lipinski definition) is 6. The average Bonchev–Trinajstić information content (AvgIpc) is 3.51. The van der Waals surface area contributed by atoms with E-state index in [0.29, 0.717) is 0 Å². The number of carbonyl (C=O) groups excluding carboxylic acids is 2. The fourth-order valence-electron chi connectivity index (χ4n) is 4.65.